The minimum Gasteiger partial charge on any atom is -0.487 e. The topological polar surface area (TPSA) is 67.5 Å². The molecule has 0 amide bonds. The summed E-state index contributed by atoms with van der Waals surface area (Å²) in [5.74, 6) is 0.695. The Kier molecular flexibility index (Phi) is 5.07. The van der Waals surface area contributed by atoms with Crippen LogP contribution in [0.2, 0.25) is 0 Å². The van der Waals surface area contributed by atoms with Gasteiger partial charge in [0.1, 0.15) is 12.4 Å². The predicted molar refractivity (Wildman–Crippen MR) is 97.0 cm³/mol. The standard InChI is InChI=1S/C20H26N2O2/c1-13(2)22-17-10-8-15-16(20(17)23)9-11-18(19(15)21)24-12-14-6-4-3-5-7-14/h3-7,9,11,13,17,20,22-23H,8,10,12,21H2,1-2H3/t17-,20-/m0/s1. The minimum atomic E-state index is -0.526. The Morgan fingerprint density at radius 2 is 1.96 bits per heavy atom. The average Bonchev–Trinajstić information content (AvgIpc) is 2.57. The lowest BCUT2D eigenvalue weighted by molar-refractivity contribution is 0.110. The smallest absolute Gasteiger partial charge is 0.142 e. The van der Waals surface area contributed by atoms with Crippen LogP contribution in [0.4, 0.5) is 5.69 Å². The van der Waals surface area contributed by atoms with E-state index in [1.54, 1.807) is 0 Å². The van der Waals surface area contributed by atoms with Crippen molar-refractivity contribution in [3.63, 3.8) is 0 Å². The molecule has 4 nitrogen and oxygen atoms in total. The number of ether oxygens (including phenoxy) is 1. The first kappa shape index (κ1) is 16.8. The van der Waals surface area contributed by atoms with Crippen molar-refractivity contribution >= 4 is 5.69 Å². The molecule has 0 saturated carbocycles. The number of aliphatic hydroxyl groups is 1. The van der Waals surface area contributed by atoms with Crippen molar-refractivity contribution in [1.82, 2.24) is 5.32 Å². The SMILES string of the molecule is CC(C)N[C@H]1CCc2c(ccc(OCc3ccccc3)c2N)[C@@H]1O. The molecule has 0 aromatic heterocycles. The summed E-state index contributed by atoms with van der Waals surface area (Å²) in [5.41, 5.74) is 10.0. The Morgan fingerprint density at radius 3 is 2.67 bits per heavy atom. The van der Waals surface area contributed by atoms with E-state index in [2.05, 4.69) is 19.2 Å². The van der Waals surface area contributed by atoms with Crippen molar-refractivity contribution in [3.05, 3.63) is 59.2 Å². The van der Waals surface area contributed by atoms with Crippen LogP contribution in [-0.2, 0) is 13.0 Å². The van der Waals surface area contributed by atoms with Gasteiger partial charge in [-0.15, -0.1) is 0 Å². The molecule has 0 saturated heterocycles. The van der Waals surface area contributed by atoms with Gasteiger partial charge in [0.2, 0.25) is 0 Å². The van der Waals surface area contributed by atoms with Crippen LogP contribution >= 0.6 is 0 Å². The van der Waals surface area contributed by atoms with Gasteiger partial charge in [0, 0.05) is 12.1 Å². The molecule has 0 aliphatic heterocycles. The highest BCUT2D eigenvalue weighted by atomic mass is 16.5. The number of nitrogen functional groups attached to an aromatic ring is 1. The second-order valence-corrected chi connectivity index (χ2v) is 6.73. The highest BCUT2D eigenvalue weighted by Crippen LogP contribution is 2.38. The highest BCUT2D eigenvalue weighted by molar-refractivity contribution is 5.62. The highest BCUT2D eigenvalue weighted by Gasteiger charge is 2.30. The molecule has 2 aromatic carbocycles. The van der Waals surface area contributed by atoms with Crippen molar-refractivity contribution in [2.45, 2.75) is 51.5 Å². The van der Waals surface area contributed by atoms with Crippen LogP contribution < -0.4 is 15.8 Å². The van der Waals surface area contributed by atoms with E-state index in [0.29, 0.717) is 24.1 Å². The van der Waals surface area contributed by atoms with Crippen LogP contribution in [0.5, 0.6) is 5.75 Å². The van der Waals surface area contributed by atoms with E-state index < -0.39 is 6.10 Å². The van der Waals surface area contributed by atoms with Crippen molar-refractivity contribution in [1.29, 1.82) is 0 Å². The number of anilines is 1. The predicted octanol–water partition coefficient (Wildman–Crippen LogP) is 3.19. The summed E-state index contributed by atoms with van der Waals surface area (Å²) in [4.78, 5) is 0. The van der Waals surface area contributed by atoms with Gasteiger partial charge in [0.05, 0.1) is 11.8 Å². The Labute approximate surface area is 143 Å². The zero-order valence-corrected chi connectivity index (χ0v) is 14.3. The zero-order valence-electron chi connectivity index (χ0n) is 14.3. The van der Waals surface area contributed by atoms with E-state index in [1.807, 2.05) is 42.5 Å². The molecular formula is C20H26N2O2. The van der Waals surface area contributed by atoms with Crippen molar-refractivity contribution in [2.75, 3.05) is 5.73 Å². The molecule has 0 bridgehead atoms. The van der Waals surface area contributed by atoms with Gasteiger partial charge in [-0.2, -0.15) is 0 Å². The molecule has 0 fully saturated rings. The van der Waals surface area contributed by atoms with Crippen LogP contribution in [0.15, 0.2) is 42.5 Å². The number of nitrogens with one attached hydrogen (secondary N) is 1. The number of benzene rings is 2. The summed E-state index contributed by atoms with van der Waals surface area (Å²) in [6.07, 6.45) is 1.20. The molecule has 4 heteroatoms. The van der Waals surface area contributed by atoms with Gasteiger partial charge < -0.3 is 20.9 Å². The van der Waals surface area contributed by atoms with E-state index in [0.717, 1.165) is 29.5 Å². The number of fused-ring (bicyclic) bond motifs is 1. The summed E-state index contributed by atoms with van der Waals surface area (Å²) in [6, 6.07) is 14.3. The maximum atomic E-state index is 10.6. The Balaban J connectivity index is 1.76. The average molecular weight is 326 g/mol. The molecule has 1 aliphatic carbocycles. The fourth-order valence-electron chi connectivity index (χ4n) is 3.35. The number of hydrogen-bond acceptors (Lipinski definition) is 4. The van der Waals surface area contributed by atoms with E-state index in [9.17, 15) is 5.11 Å². The lowest BCUT2D eigenvalue weighted by atomic mass is 9.84. The number of aliphatic hydroxyl groups excluding tert-OH is 1. The van der Waals surface area contributed by atoms with Gasteiger partial charge in [-0.3, -0.25) is 0 Å². The molecule has 0 heterocycles. The zero-order chi connectivity index (χ0) is 17.1. The summed E-state index contributed by atoms with van der Waals surface area (Å²) < 4.78 is 5.89. The first-order valence-corrected chi connectivity index (χ1v) is 8.58. The lowest BCUT2D eigenvalue weighted by Crippen LogP contribution is -2.42. The summed E-state index contributed by atoms with van der Waals surface area (Å²) in [5, 5.41) is 14.1. The fourth-order valence-corrected chi connectivity index (χ4v) is 3.35. The summed E-state index contributed by atoms with van der Waals surface area (Å²) >= 11 is 0. The molecule has 2 aromatic rings. The van der Waals surface area contributed by atoms with Crippen molar-refractivity contribution < 1.29 is 9.84 Å². The quantitative estimate of drug-likeness (QED) is 0.738. The van der Waals surface area contributed by atoms with Gasteiger partial charge in [-0.25, -0.2) is 0 Å². The van der Waals surface area contributed by atoms with Gasteiger partial charge >= 0.3 is 0 Å². The molecule has 128 valence electrons. The maximum absolute atomic E-state index is 10.6. The summed E-state index contributed by atoms with van der Waals surface area (Å²) in [7, 11) is 0. The molecule has 0 unspecified atom stereocenters. The van der Waals surface area contributed by atoms with Gasteiger partial charge in [0.25, 0.3) is 0 Å². The minimum absolute atomic E-state index is 0.0768. The maximum Gasteiger partial charge on any atom is 0.142 e. The van der Waals surface area contributed by atoms with Crippen LogP contribution in [0.3, 0.4) is 0 Å². The normalized spacial score (nSPS) is 20.0. The van der Waals surface area contributed by atoms with Gasteiger partial charge in [-0.1, -0.05) is 50.2 Å². The van der Waals surface area contributed by atoms with E-state index in [4.69, 9.17) is 10.5 Å². The summed E-state index contributed by atoms with van der Waals surface area (Å²) in [6.45, 7) is 4.68. The molecule has 2 atom stereocenters. The second-order valence-electron chi connectivity index (χ2n) is 6.73. The largest absolute Gasteiger partial charge is 0.487 e. The molecule has 24 heavy (non-hydrogen) atoms. The number of rotatable bonds is 5. The molecule has 0 spiro atoms. The molecule has 1 aliphatic rings. The third kappa shape index (κ3) is 3.55. The number of nitrogens with two attached hydrogens (primary N) is 1. The fraction of sp³-hybridized carbons (Fsp3) is 0.400. The van der Waals surface area contributed by atoms with Crippen molar-refractivity contribution in [3.8, 4) is 5.75 Å². The van der Waals surface area contributed by atoms with Crippen LogP contribution in [-0.4, -0.2) is 17.2 Å². The van der Waals surface area contributed by atoms with Crippen molar-refractivity contribution in [2.24, 2.45) is 0 Å². The van der Waals surface area contributed by atoms with E-state index >= 15 is 0 Å². The van der Waals surface area contributed by atoms with E-state index in [1.165, 1.54) is 0 Å². The third-order valence-corrected chi connectivity index (χ3v) is 4.54. The monoisotopic (exact) mass is 326 g/mol. The molecule has 0 radical (unpaired) electrons. The van der Waals surface area contributed by atoms with Gasteiger partial charge in [0.15, 0.2) is 0 Å². The second kappa shape index (κ2) is 7.24. The first-order chi connectivity index (χ1) is 11.6. The van der Waals surface area contributed by atoms with Crippen LogP contribution in [0, 0.1) is 0 Å². The lowest BCUT2D eigenvalue weighted by Gasteiger charge is -2.33. The molecule has 3 rings (SSSR count). The number of hydrogen-bond donors (Lipinski definition) is 3. The molecular weight excluding hydrogens is 300 g/mol. The van der Waals surface area contributed by atoms with Crippen LogP contribution in [0.25, 0.3) is 0 Å². The molecule has 4 N–H and O–H groups in total. The third-order valence-electron chi connectivity index (χ3n) is 4.54. The Bertz CT molecular complexity index is 686. The van der Waals surface area contributed by atoms with E-state index in [-0.39, 0.29) is 6.04 Å². The first-order valence-electron chi connectivity index (χ1n) is 8.58. The van der Waals surface area contributed by atoms with Crippen LogP contribution in [0.1, 0.15) is 43.1 Å². The Hall–Kier alpha value is -2.04. The Morgan fingerprint density at radius 1 is 1.21 bits per heavy atom. The van der Waals surface area contributed by atoms with Gasteiger partial charge in [-0.05, 0) is 35.6 Å².